The zero-order valence-corrected chi connectivity index (χ0v) is 19.7. The molecule has 2 aliphatic rings. The van der Waals surface area contributed by atoms with Gasteiger partial charge >= 0.3 is 158 Å². The van der Waals surface area contributed by atoms with Crippen molar-refractivity contribution >= 4 is 6.19 Å². The average Bonchev–Trinajstić information content (AvgIpc) is 2.69. The number of hydrogen-bond acceptors (Lipinski definition) is 1. The molecule has 24 heavy (non-hydrogen) atoms. The first-order valence-corrected chi connectivity index (χ1v) is 16.1. The second-order valence-corrected chi connectivity index (χ2v) is 20.2. The topological polar surface area (TPSA) is 12.0 Å². The van der Waals surface area contributed by atoms with E-state index in [4.69, 9.17) is 0 Å². The fourth-order valence-corrected chi connectivity index (χ4v) is 18.5. The van der Waals surface area contributed by atoms with Gasteiger partial charge in [0.25, 0.3) is 0 Å². The molecule has 1 atom stereocenters. The molecular weight excluding hydrogens is 342 g/mol. The van der Waals surface area contributed by atoms with Crippen molar-refractivity contribution in [1.29, 1.82) is 0 Å². The minimum atomic E-state index is -1.42. The summed E-state index contributed by atoms with van der Waals surface area (Å²) in [7, 11) is 0. The Balaban J connectivity index is 2.35. The first-order valence-electron chi connectivity index (χ1n) is 10.1. The summed E-state index contributed by atoms with van der Waals surface area (Å²) in [5, 5.41) is 0. The van der Waals surface area contributed by atoms with Crippen molar-refractivity contribution in [3.63, 3.8) is 0 Å². The Morgan fingerprint density at radius 1 is 1.08 bits per heavy atom. The van der Waals surface area contributed by atoms with E-state index in [1.807, 2.05) is 0 Å². The van der Waals surface area contributed by atoms with Crippen LogP contribution in [-0.2, 0) is 16.9 Å². The van der Waals surface area contributed by atoms with Crippen LogP contribution in [0, 0.1) is 0 Å². The van der Waals surface area contributed by atoms with Gasteiger partial charge in [0.05, 0.1) is 0 Å². The summed E-state index contributed by atoms with van der Waals surface area (Å²) < 4.78 is 4.77. The first kappa shape index (κ1) is 20.7. The summed E-state index contributed by atoms with van der Waals surface area (Å²) in [4.78, 5) is 0. The van der Waals surface area contributed by atoms with Gasteiger partial charge in [-0.3, -0.25) is 0 Å². The van der Waals surface area contributed by atoms with Gasteiger partial charge in [-0.05, 0) is 0 Å². The van der Waals surface area contributed by atoms with Gasteiger partial charge in [0.1, 0.15) is 0 Å². The van der Waals surface area contributed by atoms with Gasteiger partial charge in [-0.15, -0.1) is 0 Å². The van der Waals surface area contributed by atoms with Crippen molar-refractivity contribution in [3.8, 4) is 0 Å². The van der Waals surface area contributed by atoms with Crippen molar-refractivity contribution in [2.24, 2.45) is 0 Å². The van der Waals surface area contributed by atoms with E-state index >= 15 is 0 Å². The molecule has 3 heteroatoms. The van der Waals surface area contributed by atoms with Gasteiger partial charge in [0, 0.05) is 0 Å². The SMILES string of the molecule is CC1=C[C](C)([Ti]([NH]C2CCCCCCC2)=[Si](C)C(C)C)C(C)=C1C. The van der Waals surface area contributed by atoms with Crippen LogP contribution >= 0.6 is 0 Å². The van der Waals surface area contributed by atoms with Crippen LogP contribution in [0.1, 0.15) is 86.5 Å². The molecule has 0 aromatic rings. The van der Waals surface area contributed by atoms with Crippen molar-refractivity contribution in [2.45, 2.75) is 108 Å². The number of allylic oxidation sites excluding steroid dienone is 4. The van der Waals surface area contributed by atoms with Crippen LogP contribution in [0.3, 0.4) is 0 Å². The standard InChI is InChI=1S/C9H13.C8H16N.C4H10Si.Ti/c1-6-5-7(2)9(4)8(6)3;9-8-6-4-2-1-3-5-7-8;1-4(2)5-3;/h5H,1-4H3;8-9H,1-7H2;4H,1-3H3;/q;-1;;+1. The molecule has 0 saturated heterocycles. The van der Waals surface area contributed by atoms with E-state index in [-0.39, 0.29) is 6.19 Å². The molecule has 0 aliphatic heterocycles. The maximum atomic E-state index is 4.39. The maximum absolute atomic E-state index is 4.39. The van der Waals surface area contributed by atoms with E-state index in [2.05, 4.69) is 58.0 Å². The molecule has 2 rings (SSSR count). The van der Waals surface area contributed by atoms with Crippen LogP contribution in [0.2, 0.25) is 15.8 Å². The Kier molecular flexibility index (Phi) is 7.62. The Morgan fingerprint density at radius 2 is 1.62 bits per heavy atom. The fraction of sp³-hybridized carbons (Fsp3) is 0.810. The Morgan fingerprint density at radius 3 is 2.08 bits per heavy atom. The molecule has 1 N–H and O–H groups in total. The molecule has 0 amide bonds. The molecule has 136 valence electrons. The third-order valence-corrected chi connectivity index (χ3v) is 21.8. The number of nitrogens with one attached hydrogen (secondary N) is 1. The molecule has 0 aromatic heterocycles. The van der Waals surface area contributed by atoms with Crippen LogP contribution in [0.25, 0.3) is 0 Å². The summed E-state index contributed by atoms with van der Waals surface area (Å²) >= 11 is -1.42. The van der Waals surface area contributed by atoms with Gasteiger partial charge in [0.2, 0.25) is 0 Å². The van der Waals surface area contributed by atoms with Crippen molar-refractivity contribution < 1.29 is 16.9 Å². The molecule has 0 spiro atoms. The fourth-order valence-electron chi connectivity index (χ4n) is 4.36. The summed E-state index contributed by atoms with van der Waals surface area (Å²) in [5.41, 5.74) is 5.67. The van der Waals surface area contributed by atoms with E-state index < -0.39 is 16.9 Å². The van der Waals surface area contributed by atoms with Crippen LogP contribution in [0.4, 0.5) is 0 Å². The third-order valence-electron chi connectivity index (χ3n) is 6.67. The first-order chi connectivity index (χ1) is 11.3. The van der Waals surface area contributed by atoms with Crippen LogP contribution in [-0.4, -0.2) is 12.2 Å². The van der Waals surface area contributed by atoms with E-state index in [1.165, 1.54) is 50.5 Å². The molecule has 0 radical (unpaired) electrons. The van der Waals surface area contributed by atoms with Crippen LogP contribution in [0.15, 0.2) is 22.8 Å². The van der Waals surface area contributed by atoms with E-state index in [0.717, 1.165) is 11.6 Å². The predicted molar refractivity (Wildman–Crippen MR) is 106 cm³/mol. The van der Waals surface area contributed by atoms with Crippen LogP contribution < -0.4 is 3.80 Å². The second-order valence-electron chi connectivity index (χ2n) is 8.68. The van der Waals surface area contributed by atoms with E-state index in [0.29, 0.717) is 3.72 Å². The number of hydrogen-bond donors (Lipinski definition) is 1. The Bertz CT molecular complexity index is 550. The number of rotatable bonds is 4. The van der Waals surface area contributed by atoms with Crippen molar-refractivity contribution in [1.82, 2.24) is 3.80 Å². The molecule has 0 aromatic carbocycles. The molecule has 1 nitrogen and oxygen atoms in total. The monoisotopic (exact) mass is 381 g/mol. The minimum absolute atomic E-state index is 0.307. The second kappa shape index (κ2) is 8.84. The van der Waals surface area contributed by atoms with Crippen LogP contribution in [0.5, 0.6) is 0 Å². The zero-order chi connectivity index (χ0) is 17.9. The normalized spacial score (nSPS) is 27.9. The van der Waals surface area contributed by atoms with E-state index in [1.54, 1.807) is 11.1 Å². The van der Waals surface area contributed by atoms with E-state index in [9.17, 15) is 0 Å². The summed E-state index contributed by atoms with van der Waals surface area (Å²) in [6.45, 7) is 17.2. The van der Waals surface area contributed by atoms with Gasteiger partial charge in [-0.2, -0.15) is 0 Å². The summed E-state index contributed by atoms with van der Waals surface area (Å²) in [5.74, 6) is 0. The Labute approximate surface area is 157 Å². The molecule has 0 bridgehead atoms. The summed E-state index contributed by atoms with van der Waals surface area (Å²) in [6, 6.07) is 0.804. The quantitative estimate of drug-likeness (QED) is 0.533. The molecule has 1 fully saturated rings. The molecular formula is C21H39NSiTi. The molecule has 1 saturated carbocycles. The third kappa shape index (κ3) is 4.55. The molecule has 2 aliphatic carbocycles. The predicted octanol–water partition coefficient (Wildman–Crippen LogP) is 6.73. The van der Waals surface area contributed by atoms with Gasteiger partial charge in [-0.1, -0.05) is 0 Å². The average molecular weight is 382 g/mol. The van der Waals surface area contributed by atoms with Crippen molar-refractivity contribution in [2.75, 3.05) is 0 Å². The zero-order valence-electron chi connectivity index (χ0n) is 17.2. The Hall–Kier alpha value is 0.371. The molecule has 0 heterocycles. The van der Waals surface area contributed by atoms with Gasteiger partial charge in [0.15, 0.2) is 0 Å². The molecule has 1 unspecified atom stereocenters. The van der Waals surface area contributed by atoms with Crippen molar-refractivity contribution in [3.05, 3.63) is 22.8 Å². The van der Waals surface area contributed by atoms with Gasteiger partial charge < -0.3 is 0 Å². The van der Waals surface area contributed by atoms with Gasteiger partial charge in [-0.25, -0.2) is 0 Å². The summed E-state index contributed by atoms with van der Waals surface area (Å²) in [6.07, 6.45) is 12.4.